The average molecular weight is 363 g/mol. The lowest BCUT2D eigenvalue weighted by Crippen LogP contribution is -2.46. The molecular formula is C12H31ClO6Si2. The molecule has 21 heavy (non-hydrogen) atoms. The van der Waals surface area contributed by atoms with E-state index in [9.17, 15) is 0 Å². The molecule has 0 aromatic heterocycles. The van der Waals surface area contributed by atoms with Crippen molar-refractivity contribution in [3.05, 3.63) is 0 Å². The zero-order valence-corrected chi connectivity index (χ0v) is 17.1. The van der Waals surface area contributed by atoms with Gasteiger partial charge < -0.3 is 26.6 Å². The predicted molar refractivity (Wildman–Crippen MR) is 89.0 cm³/mol. The Kier molecular flexibility index (Phi) is 19.1. The Morgan fingerprint density at radius 2 is 1.19 bits per heavy atom. The molecule has 0 aromatic rings. The van der Waals surface area contributed by atoms with Crippen molar-refractivity contribution < 1.29 is 26.6 Å². The van der Waals surface area contributed by atoms with Crippen LogP contribution in [0.3, 0.4) is 0 Å². The van der Waals surface area contributed by atoms with E-state index in [1.165, 1.54) is 0 Å². The van der Waals surface area contributed by atoms with E-state index in [2.05, 4.69) is 0 Å². The maximum atomic E-state index is 5.66. The number of hydrogen-bond donors (Lipinski definition) is 0. The lowest BCUT2D eigenvalue weighted by molar-refractivity contribution is 0.0712. The molecule has 0 amide bonds. The van der Waals surface area contributed by atoms with E-state index >= 15 is 0 Å². The molecule has 0 radical (unpaired) electrons. The minimum absolute atomic E-state index is 0.627. The molecule has 0 unspecified atom stereocenters. The lowest BCUT2D eigenvalue weighted by atomic mass is 10.6. The van der Waals surface area contributed by atoms with Gasteiger partial charge in [0.05, 0.1) is 0 Å². The molecule has 0 rings (SSSR count). The highest BCUT2D eigenvalue weighted by Crippen LogP contribution is 2.18. The van der Waals surface area contributed by atoms with Crippen molar-refractivity contribution in [2.75, 3.05) is 47.0 Å². The van der Waals surface area contributed by atoms with E-state index in [1.54, 1.807) is 21.3 Å². The molecule has 130 valence electrons. The Labute approximate surface area is 137 Å². The summed E-state index contributed by atoms with van der Waals surface area (Å²) in [5, 5.41) is 0. The first-order chi connectivity index (χ1) is 10.1. The zero-order chi connectivity index (χ0) is 16.6. The minimum atomic E-state index is -2.40. The Bertz CT molecular complexity index is 188. The summed E-state index contributed by atoms with van der Waals surface area (Å²) in [7, 11) is 0.648. The molecule has 0 aliphatic carbocycles. The molecule has 0 heterocycles. The van der Waals surface area contributed by atoms with Gasteiger partial charge >= 0.3 is 18.3 Å². The van der Waals surface area contributed by atoms with Gasteiger partial charge in [-0.2, -0.15) is 0 Å². The van der Waals surface area contributed by atoms with Crippen LogP contribution in [0.5, 0.6) is 0 Å². The predicted octanol–water partition coefficient (Wildman–Crippen LogP) is 2.31. The van der Waals surface area contributed by atoms with Crippen molar-refractivity contribution in [1.29, 1.82) is 0 Å². The van der Waals surface area contributed by atoms with Crippen molar-refractivity contribution >= 4 is 29.9 Å². The van der Waals surface area contributed by atoms with E-state index in [0.717, 1.165) is 12.5 Å². The average Bonchev–Trinajstić information content (AvgIpc) is 2.48. The maximum absolute atomic E-state index is 5.66. The summed E-state index contributed by atoms with van der Waals surface area (Å²) in [6, 6.07) is 0.812. The number of halogens is 1. The molecule has 0 bridgehead atoms. The van der Waals surface area contributed by atoms with Crippen LogP contribution < -0.4 is 0 Å². The highest BCUT2D eigenvalue weighted by molar-refractivity contribution is 6.60. The van der Waals surface area contributed by atoms with Crippen molar-refractivity contribution in [3.63, 3.8) is 0 Å². The van der Waals surface area contributed by atoms with E-state index < -0.39 is 18.3 Å². The van der Waals surface area contributed by atoms with Crippen molar-refractivity contribution in [3.8, 4) is 0 Å². The van der Waals surface area contributed by atoms with Gasteiger partial charge in [-0.1, -0.05) is 0 Å². The van der Waals surface area contributed by atoms with Crippen LogP contribution in [0, 0.1) is 0 Å². The molecule has 0 atom stereocenters. The van der Waals surface area contributed by atoms with Crippen LogP contribution in [0.1, 0.15) is 27.2 Å². The van der Waals surface area contributed by atoms with Crippen LogP contribution in [0.25, 0.3) is 0 Å². The SMILES string of the molecule is CCO[Si](CCCCl)(OCC)OCC.CO[SiH](OC)OC. The van der Waals surface area contributed by atoms with Gasteiger partial charge in [0.25, 0.3) is 0 Å². The molecule has 0 aromatic carbocycles. The summed E-state index contributed by atoms with van der Waals surface area (Å²) in [4.78, 5) is 0. The van der Waals surface area contributed by atoms with Crippen LogP contribution in [-0.2, 0) is 26.6 Å². The summed E-state index contributed by atoms with van der Waals surface area (Å²) in [5.74, 6) is 0.627. The molecule has 0 saturated heterocycles. The second-order valence-electron chi connectivity index (χ2n) is 3.77. The highest BCUT2D eigenvalue weighted by atomic mass is 35.5. The molecule has 0 saturated carbocycles. The summed E-state index contributed by atoms with van der Waals surface area (Å²) in [6.45, 7) is 7.78. The van der Waals surface area contributed by atoms with Crippen molar-refractivity contribution in [2.24, 2.45) is 0 Å². The van der Waals surface area contributed by atoms with E-state index in [-0.39, 0.29) is 0 Å². The van der Waals surface area contributed by atoms with Crippen molar-refractivity contribution in [2.45, 2.75) is 33.2 Å². The Morgan fingerprint density at radius 3 is 1.38 bits per heavy atom. The standard InChI is InChI=1S/C9H21ClO3Si.C3H10O3Si/c1-4-11-14(12-5-2,13-6-3)9-7-8-10;1-4-7(5-2)6-3/h4-9H2,1-3H3;7H,1-3H3. The summed E-state index contributed by atoms with van der Waals surface area (Å²) < 4.78 is 31.2. The Balaban J connectivity index is 0. The molecule has 0 N–H and O–H groups in total. The number of rotatable bonds is 12. The van der Waals surface area contributed by atoms with Crippen LogP contribution in [0.15, 0.2) is 0 Å². The fourth-order valence-corrected chi connectivity index (χ4v) is 5.12. The third kappa shape index (κ3) is 12.7. The molecule has 0 aliphatic heterocycles. The van der Waals surface area contributed by atoms with Gasteiger partial charge in [-0.25, -0.2) is 0 Å². The lowest BCUT2D eigenvalue weighted by Gasteiger charge is -2.28. The van der Waals surface area contributed by atoms with Gasteiger partial charge in [0.15, 0.2) is 0 Å². The molecular weight excluding hydrogens is 332 g/mol. The fraction of sp³-hybridized carbons (Fsp3) is 1.00. The zero-order valence-electron chi connectivity index (χ0n) is 14.1. The third-order valence-electron chi connectivity index (χ3n) is 2.29. The van der Waals surface area contributed by atoms with Crippen LogP contribution >= 0.6 is 11.6 Å². The van der Waals surface area contributed by atoms with E-state index in [4.69, 9.17) is 38.2 Å². The first-order valence-electron chi connectivity index (χ1n) is 7.15. The Morgan fingerprint density at radius 1 is 0.810 bits per heavy atom. The van der Waals surface area contributed by atoms with Gasteiger partial charge in [-0.05, 0) is 27.2 Å². The smallest absolute Gasteiger partial charge is 0.379 e. The van der Waals surface area contributed by atoms with Gasteiger partial charge in [0, 0.05) is 53.1 Å². The third-order valence-corrected chi connectivity index (χ3v) is 6.86. The van der Waals surface area contributed by atoms with Crippen LogP contribution in [0.2, 0.25) is 6.04 Å². The van der Waals surface area contributed by atoms with Gasteiger partial charge in [-0.3, -0.25) is 0 Å². The minimum Gasteiger partial charge on any atom is -0.379 e. The molecule has 6 nitrogen and oxygen atoms in total. The quantitative estimate of drug-likeness (QED) is 0.392. The topological polar surface area (TPSA) is 55.4 Å². The van der Waals surface area contributed by atoms with E-state index in [0.29, 0.717) is 25.7 Å². The normalized spacial score (nSPS) is 11.4. The van der Waals surface area contributed by atoms with Gasteiger partial charge in [0.1, 0.15) is 0 Å². The molecule has 0 fully saturated rings. The van der Waals surface area contributed by atoms with Crippen LogP contribution in [-0.4, -0.2) is 65.4 Å². The highest BCUT2D eigenvalue weighted by Gasteiger charge is 2.39. The second kappa shape index (κ2) is 16.8. The second-order valence-corrected chi connectivity index (χ2v) is 8.87. The molecule has 0 aliphatic rings. The summed E-state index contributed by atoms with van der Waals surface area (Å²) >= 11 is 5.66. The number of hydrogen-bond acceptors (Lipinski definition) is 6. The molecule has 9 heteroatoms. The fourth-order valence-electron chi connectivity index (χ4n) is 1.57. The van der Waals surface area contributed by atoms with Crippen molar-refractivity contribution in [1.82, 2.24) is 0 Å². The van der Waals surface area contributed by atoms with E-state index in [1.807, 2.05) is 20.8 Å². The summed E-state index contributed by atoms with van der Waals surface area (Å²) in [6.07, 6.45) is 0.883. The number of alkyl halides is 1. The Hall–Kier alpha value is 0.484. The monoisotopic (exact) mass is 362 g/mol. The summed E-state index contributed by atoms with van der Waals surface area (Å²) in [5.41, 5.74) is 0. The first-order valence-corrected chi connectivity index (χ1v) is 11.0. The van der Waals surface area contributed by atoms with Crippen LogP contribution in [0.4, 0.5) is 0 Å². The van der Waals surface area contributed by atoms with Gasteiger partial charge in [0.2, 0.25) is 0 Å². The molecule has 0 spiro atoms. The van der Waals surface area contributed by atoms with Gasteiger partial charge in [-0.15, -0.1) is 11.6 Å². The maximum Gasteiger partial charge on any atom is 0.500 e. The first kappa shape index (κ1) is 23.7. The largest absolute Gasteiger partial charge is 0.500 e.